The van der Waals surface area contributed by atoms with Crippen molar-refractivity contribution >= 4 is 22.4 Å². The highest BCUT2D eigenvalue weighted by molar-refractivity contribution is 5.99. The molecule has 3 nitrogen and oxygen atoms in total. The first-order chi connectivity index (χ1) is 14.1. The molecule has 0 radical (unpaired) electrons. The second-order valence-corrected chi connectivity index (χ2v) is 7.25. The predicted octanol–water partition coefficient (Wildman–Crippen LogP) is 5.83. The van der Waals surface area contributed by atoms with Crippen molar-refractivity contribution < 1.29 is 4.79 Å². The van der Waals surface area contributed by atoms with Crippen molar-refractivity contribution in [2.45, 2.75) is 19.5 Å². The lowest BCUT2D eigenvalue weighted by Gasteiger charge is -2.31. The SMILES string of the molecule is C[C@@H](c1ccccc1)N(Cc1cccc2ccccc12)C(=O)c1ccccc1N. The number of nitrogens with zero attached hydrogens (tertiary/aromatic N) is 1. The van der Waals surface area contributed by atoms with Crippen LogP contribution < -0.4 is 5.73 Å². The molecule has 0 heterocycles. The number of rotatable bonds is 5. The van der Waals surface area contributed by atoms with Crippen LogP contribution in [0.25, 0.3) is 10.8 Å². The van der Waals surface area contributed by atoms with Crippen LogP contribution in [0.4, 0.5) is 5.69 Å². The first kappa shape index (κ1) is 18.8. The Morgan fingerprint density at radius 3 is 2.28 bits per heavy atom. The number of nitrogen functional groups attached to an aromatic ring is 1. The Hall–Kier alpha value is -3.59. The van der Waals surface area contributed by atoms with Crippen molar-refractivity contribution in [3.05, 3.63) is 114 Å². The Morgan fingerprint density at radius 1 is 0.828 bits per heavy atom. The lowest BCUT2D eigenvalue weighted by Crippen LogP contribution is -2.33. The number of anilines is 1. The molecule has 4 rings (SSSR count). The third kappa shape index (κ3) is 3.85. The van der Waals surface area contributed by atoms with E-state index in [4.69, 9.17) is 5.73 Å². The molecule has 0 aliphatic carbocycles. The van der Waals surface area contributed by atoms with Crippen molar-refractivity contribution in [2.24, 2.45) is 0 Å². The standard InChI is InChI=1S/C26H24N2O/c1-19(20-10-3-2-4-11-20)28(26(29)24-16-7-8-17-25(24)27)18-22-14-9-13-21-12-5-6-15-23(21)22/h2-17,19H,18,27H2,1H3/t19-/m0/s1. The monoisotopic (exact) mass is 380 g/mol. The Kier molecular flexibility index (Phi) is 5.30. The molecule has 0 aromatic heterocycles. The summed E-state index contributed by atoms with van der Waals surface area (Å²) in [5.74, 6) is -0.0626. The second-order valence-electron chi connectivity index (χ2n) is 7.25. The molecule has 0 saturated carbocycles. The summed E-state index contributed by atoms with van der Waals surface area (Å²) >= 11 is 0. The van der Waals surface area contributed by atoms with Crippen LogP contribution in [0.5, 0.6) is 0 Å². The van der Waals surface area contributed by atoms with Gasteiger partial charge in [-0.25, -0.2) is 0 Å². The third-order valence-electron chi connectivity index (χ3n) is 5.42. The van der Waals surface area contributed by atoms with Gasteiger partial charge in [-0.2, -0.15) is 0 Å². The van der Waals surface area contributed by atoms with Crippen LogP contribution in [-0.2, 0) is 6.54 Å². The quantitative estimate of drug-likeness (QED) is 0.443. The molecular formula is C26H24N2O. The summed E-state index contributed by atoms with van der Waals surface area (Å²) in [5, 5.41) is 2.33. The van der Waals surface area contributed by atoms with Gasteiger partial charge in [-0.15, -0.1) is 0 Å². The highest BCUT2D eigenvalue weighted by atomic mass is 16.2. The number of para-hydroxylation sites is 1. The Morgan fingerprint density at radius 2 is 1.48 bits per heavy atom. The van der Waals surface area contributed by atoms with E-state index in [0.717, 1.165) is 16.5 Å². The van der Waals surface area contributed by atoms with Gasteiger partial charge in [0.05, 0.1) is 11.6 Å². The van der Waals surface area contributed by atoms with Crippen LogP contribution in [0.1, 0.15) is 34.5 Å². The third-order valence-corrected chi connectivity index (χ3v) is 5.42. The average molecular weight is 380 g/mol. The fourth-order valence-electron chi connectivity index (χ4n) is 3.76. The number of carbonyl (C=O) groups is 1. The maximum Gasteiger partial charge on any atom is 0.256 e. The average Bonchev–Trinajstić information content (AvgIpc) is 2.77. The summed E-state index contributed by atoms with van der Waals surface area (Å²) in [6.07, 6.45) is 0. The summed E-state index contributed by atoms with van der Waals surface area (Å²) in [6.45, 7) is 2.57. The minimum absolute atomic E-state index is 0.0626. The Labute approximate surface area is 171 Å². The molecule has 0 bridgehead atoms. The molecule has 1 amide bonds. The van der Waals surface area contributed by atoms with Gasteiger partial charge in [-0.1, -0.05) is 84.9 Å². The fraction of sp³-hybridized carbons (Fsp3) is 0.115. The predicted molar refractivity (Wildman–Crippen MR) is 120 cm³/mol. The summed E-state index contributed by atoms with van der Waals surface area (Å²) < 4.78 is 0. The van der Waals surface area contributed by atoms with Crippen molar-refractivity contribution in [3.8, 4) is 0 Å². The van der Waals surface area contributed by atoms with Gasteiger partial charge >= 0.3 is 0 Å². The molecule has 0 fully saturated rings. The molecule has 29 heavy (non-hydrogen) atoms. The van der Waals surface area contributed by atoms with Crippen LogP contribution in [-0.4, -0.2) is 10.8 Å². The normalized spacial score (nSPS) is 11.9. The lowest BCUT2D eigenvalue weighted by molar-refractivity contribution is 0.0676. The smallest absolute Gasteiger partial charge is 0.256 e. The number of hydrogen-bond acceptors (Lipinski definition) is 2. The van der Waals surface area contributed by atoms with E-state index in [1.54, 1.807) is 12.1 Å². The van der Waals surface area contributed by atoms with Gasteiger partial charge in [0.25, 0.3) is 5.91 Å². The molecule has 4 aromatic rings. The van der Waals surface area contributed by atoms with E-state index in [2.05, 4.69) is 43.3 Å². The van der Waals surface area contributed by atoms with Gasteiger partial charge in [0.15, 0.2) is 0 Å². The van der Waals surface area contributed by atoms with E-state index >= 15 is 0 Å². The highest BCUT2D eigenvalue weighted by Crippen LogP contribution is 2.28. The van der Waals surface area contributed by atoms with Crippen LogP contribution in [0, 0.1) is 0 Å². The van der Waals surface area contributed by atoms with Crippen molar-refractivity contribution in [1.29, 1.82) is 0 Å². The molecule has 0 unspecified atom stereocenters. The van der Waals surface area contributed by atoms with Gasteiger partial charge in [0, 0.05) is 12.2 Å². The van der Waals surface area contributed by atoms with Crippen molar-refractivity contribution in [3.63, 3.8) is 0 Å². The number of hydrogen-bond donors (Lipinski definition) is 1. The molecule has 0 aliphatic heterocycles. The second kappa shape index (κ2) is 8.19. The van der Waals surface area contributed by atoms with E-state index < -0.39 is 0 Å². The molecule has 144 valence electrons. The van der Waals surface area contributed by atoms with E-state index in [0.29, 0.717) is 17.8 Å². The van der Waals surface area contributed by atoms with Gasteiger partial charge in [-0.05, 0) is 41.0 Å². The van der Waals surface area contributed by atoms with E-state index in [-0.39, 0.29) is 11.9 Å². The number of carbonyl (C=O) groups excluding carboxylic acids is 1. The minimum atomic E-state index is -0.0951. The Bertz CT molecular complexity index is 1130. The van der Waals surface area contributed by atoms with E-state index in [1.165, 1.54) is 5.39 Å². The number of nitrogens with two attached hydrogens (primary N) is 1. The van der Waals surface area contributed by atoms with Crippen molar-refractivity contribution in [2.75, 3.05) is 5.73 Å². The lowest BCUT2D eigenvalue weighted by atomic mass is 10.0. The first-order valence-electron chi connectivity index (χ1n) is 9.82. The molecule has 0 spiro atoms. The molecular weight excluding hydrogens is 356 g/mol. The molecule has 3 heteroatoms. The van der Waals surface area contributed by atoms with Crippen LogP contribution >= 0.6 is 0 Å². The number of fused-ring (bicyclic) bond motifs is 1. The molecule has 4 aromatic carbocycles. The van der Waals surface area contributed by atoms with Gasteiger partial charge in [-0.3, -0.25) is 4.79 Å². The maximum absolute atomic E-state index is 13.6. The van der Waals surface area contributed by atoms with Crippen molar-refractivity contribution in [1.82, 2.24) is 4.90 Å². The molecule has 2 N–H and O–H groups in total. The summed E-state index contributed by atoms with van der Waals surface area (Å²) in [4.78, 5) is 15.5. The van der Waals surface area contributed by atoms with Crippen LogP contribution in [0.2, 0.25) is 0 Å². The van der Waals surface area contributed by atoms with Crippen LogP contribution in [0.3, 0.4) is 0 Å². The highest BCUT2D eigenvalue weighted by Gasteiger charge is 2.25. The molecule has 0 saturated heterocycles. The summed E-state index contributed by atoms with van der Waals surface area (Å²) in [5.41, 5.74) is 9.39. The van der Waals surface area contributed by atoms with Crippen LogP contribution in [0.15, 0.2) is 97.1 Å². The Balaban J connectivity index is 1.77. The minimum Gasteiger partial charge on any atom is -0.398 e. The van der Waals surface area contributed by atoms with E-state index in [9.17, 15) is 4.79 Å². The summed E-state index contributed by atoms with van der Waals surface area (Å²) in [6, 6.07) is 31.8. The molecule has 0 aliphatic rings. The topological polar surface area (TPSA) is 46.3 Å². The zero-order chi connectivity index (χ0) is 20.2. The zero-order valence-electron chi connectivity index (χ0n) is 16.5. The first-order valence-corrected chi connectivity index (χ1v) is 9.82. The van der Waals surface area contributed by atoms with Gasteiger partial charge in [0.2, 0.25) is 0 Å². The fourth-order valence-corrected chi connectivity index (χ4v) is 3.76. The van der Waals surface area contributed by atoms with Gasteiger partial charge < -0.3 is 10.6 Å². The maximum atomic E-state index is 13.6. The zero-order valence-corrected chi connectivity index (χ0v) is 16.5. The molecule has 1 atom stereocenters. The van der Waals surface area contributed by atoms with Gasteiger partial charge in [0.1, 0.15) is 0 Å². The number of amides is 1. The summed E-state index contributed by atoms with van der Waals surface area (Å²) in [7, 11) is 0. The number of benzene rings is 4. The largest absolute Gasteiger partial charge is 0.398 e. The van der Waals surface area contributed by atoms with E-state index in [1.807, 2.05) is 53.4 Å².